The number of benzene rings is 2. The molecule has 0 atom stereocenters. The number of carbonyl (C=O) groups excluding carboxylic acids is 1. The van der Waals surface area contributed by atoms with Crippen LogP contribution < -0.4 is 14.4 Å². The molecule has 0 aromatic heterocycles. The molecule has 2 aromatic rings. The lowest BCUT2D eigenvalue weighted by Gasteiger charge is -2.14. The Morgan fingerprint density at radius 2 is 1.84 bits per heavy atom. The van der Waals surface area contributed by atoms with Gasteiger partial charge in [0, 0.05) is 0 Å². The maximum atomic E-state index is 12.7. The zero-order valence-corrected chi connectivity index (χ0v) is 15.0. The molecule has 0 spiro atoms. The fourth-order valence-electron chi connectivity index (χ4n) is 2.58. The first-order valence-electron chi connectivity index (χ1n) is 7.64. The highest BCUT2D eigenvalue weighted by Crippen LogP contribution is 2.36. The molecule has 1 amide bonds. The highest BCUT2D eigenvalue weighted by atomic mass is 32.2. The Balaban J connectivity index is 1.93. The van der Waals surface area contributed by atoms with Gasteiger partial charge in [0.15, 0.2) is 16.7 Å². The third-order valence-electron chi connectivity index (χ3n) is 3.79. The van der Waals surface area contributed by atoms with Gasteiger partial charge in [0.2, 0.25) is 0 Å². The van der Waals surface area contributed by atoms with Gasteiger partial charge >= 0.3 is 0 Å². The minimum atomic E-state index is -0.199. The second-order valence-electron chi connectivity index (χ2n) is 5.51. The van der Waals surface area contributed by atoms with Crippen molar-refractivity contribution >= 4 is 34.6 Å². The van der Waals surface area contributed by atoms with Crippen LogP contribution in [0.2, 0.25) is 0 Å². The Bertz CT molecular complexity index is 877. The molecule has 0 bridgehead atoms. The molecule has 0 saturated carbocycles. The van der Waals surface area contributed by atoms with E-state index in [2.05, 4.69) is 0 Å². The minimum Gasteiger partial charge on any atom is -0.493 e. The van der Waals surface area contributed by atoms with Crippen molar-refractivity contribution < 1.29 is 14.3 Å². The summed E-state index contributed by atoms with van der Waals surface area (Å²) < 4.78 is 10.5. The number of nitrogens with zero attached hydrogens (tertiary/aromatic N) is 1. The van der Waals surface area contributed by atoms with Gasteiger partial charge in [-0.2, -0.15) is 0 Å². The molecule has 1 saturated heterocycles. The van der Waals surface area contributed by atoms with E-state index in [1.165, 1.54) is 4.90 Å². The summed E-state index contributed by atoms with van der Waals surface area (Å²) in [4.78, 5) is 14.7. The number of amides is 1. The van der Waals surface area contributed by atoms with E-state index in [-0.39, 0.29) is 11.1 Å². The summed E-state index contributed by atoms with van der Waals surface area (Å²) in [6.45, 7) is 1.96. The van der Waals surface area contributed by atoms with Gasteiger partial charge in [0.1, 0.15) is 0 Å². The maximum Gasteiger partial charge on any atom is 0.271 e. The molecule has 0 unspecified atom stereocenters. The van der Waals surface area contributed by atoms with E-state index in [1.54, 1.807) is 32.4 Å². The molecule has 128 valence electrons. The van der Waals surface area contributed by atoms with Crippen molar-refractivity contribution in [3.63, 3.8) is 0 Å². The second-order valence-corrected chi connectivity index (χ2v) is 6.54. The monoisotopic (exact) mass is 354 g/mol. The summed E-state index contributed by atoms with van der Waals surface area (Å²) in [6.07, 6.45) is 1.76. The number of hydrogen-bond acceptors (Lipinski definition) is 5. The SMILES string of the molecule is COc1ccc(/C=C2\SC(=N)N(c3cccc(C)c3)C2=O)cc1OC. The summed E-state index contributed by atoms with van der Waals surface area (Å²) in [5.74, 6) is 1.03. The first-order chi connectivity index (χ1) is 12.0. The number of carbonyl (C=O) groups is 1. The number of thioether (sulfide) groups is 1. The maximum absolute atomic E-state index is 12.7. The van der Waals surface area contributed by atoms with Crippen molar-refractivity contribution in [1.29, 1.82) is 5.41 Å². The van der Waals surface area contributed by atoms with E-state index in [1.807, 2.05) is 37.3 Å². The third-order valence-corrected chi connectivity index (χ3v) is 4.68. The van der Waals surface area contributed by atoms with Crippen molar-refractivity contribution in [2.75, 3.05) is 19.1 Å². The van der Waals surface area contributed by atoms with Crippen molar-refractivity contribution in [3.8, 4) is 11.5 Å². The van der Waals surface area contributed by atoms with Gasteiger partial charge in [-0.25, -0.2) is 0 Å². The number of anilines is 1. The fourth-order valence-corrected chi connectivity index (χ4v) is 3.44. The predicted octanol–water partition coefficient (Wildman–Crippen LogP) is 4.07. The first kappa shape index (κ1) is 17.1. The van der Waals surface area contributed by atoms with Gasteiger partial charge in [-0.1, -0.05) is 18.2 Å². The number of amidine groups is 1. The molecule has 1 fully saturated rings. The summed E-state index contributed by atoms with van der Waals surface area (Å²) >= 11 is 1.15. The van der Waals surface area contributed by atoms with Crippen molar-refractivity contribution in [2.24, 2.45) is 0 Å². The highest BCUT2D eigenvalue weighted by Gasteiger charge is 2.33. The van der Waals surface area contributed by atoms with Gasteiger partial charge in [-0.15, -0.1) is 0 Å². The average Bonchev–Trinajstić information content (AvgIpc) is 2.88. The minimum absolute atomic E-state index is 0.197. The normalized spacial score (nSPS) is 15.8. The molecule has 2 aromatic carbocycles. The van der Waals surface area contributed by atoms with Crippen LogP contribution in [0, 0.1) is 12.3 Å². The quantitative estimate of drug-likeness (QED) is 0.841. The molecule has 1 aliphatic heterocycles. The van der Waals surface area contributed by atoms with Gasteiger partial charge in [0.25, 0.3) is 5.91 Å². The molecule has 1 aliphatic rings. The van der Waals surface area contributed by atoms with Crippen LogP contribution in [0.3, 0.4) is 0 Å². The number of nitrogens with one attached hydrogen (secondary N) is 1. The van der Waals surface area contributed by atoms with Crippen molar-refractivity contribution in [3.05, 3.63) is 58.5 Å². The van der Waals surface area contributed by atoms with E-state index in [9.17, 15) is 4.79 Å². The second kappa shape index (κ2) is 7.03. The Morgan fingerprint density at radius 3 is 2.52 bits per heavy atom. The smallest absolute Gasteiger partial charge is 0.271 e. The van der Waals surface area contributed by atoms with Crippen LogP contribution in [0.4, 0.5) is 5.69 Å². The summed E-state index contributed by atoms with van der Waals surface area (Å²) in [7, 11) is 3.15. The van der Waals surface area contributed by atoms with Crippen LogP contribution >= 0.6 is 11.8 Å². The molecule has 25 heavy (non-hydrogen) atoms. The van der Waals surface area contributed by atoms with Crippen molar-refractivity contribution in [2.45, 2.75) is 6.92 Å². The number of methoxy groups -OCH3 is 2. The van der Waals surface area contributed by atoms with E-state index < -0.39 is 0 Å². The Morgan fingerprint density at radius 1 is 1.08 bits per heavy atom. The van der Waals surface area contributed by atoms with Gasteiger partial charge in [0.05, 0.1) is 24.8 Å². The Hall–Kier alpha value is -2.73. The zero-order chi connectivity index (χ0) is 18.0. The van der Waals surface area contributed by atoms with Gasteiger partial charge in [-0.3, -0.25) is 15.1 Å². The molecule has 6 heteroatoms. The van der Waals surface area contributed by atoms with Gasteiger partial charge in [-0.05, 0) is 60.2 Å². The number of aryl methyl sites for hydroxylation is 1. The third kappa shape index (κ3) is 3.39. The molecular formula is C19H18N2O3S. The number of rotatable bonds is 4. The van der Waals surface area contributed by atoms with Crippen LogP contribution in [0.25, 0.3) is 6.08 Å². The summed E-state index contributed by atoms with van der Waals surface area (Å²) in [6, 6.07) is 13.0. The standard InChI is InChI=1S/C19H18N2O3S/c1-12-5-4-6-14(9-12)21-18(22)17(25-19(21)20)11-13-7-8-15(23-2)16(10-13)24-3/h4-11,20H,1-3H3/b17-11-,20-19?. The lowest BCUT2D eigenvalue weighted by Crippen LogP contribution is -2.28. The molecule has 3 rings (SSSR count). The van der Waals surface area contributed by atoms with Crippen LogP contribution in [-0.2, 0) is 4.79 Å². The highest BCUT2D eigenvalue weighted by molar-refractivity contribution is 8.19. The number of ether oxygens (including phenoxy) is 2. The van der Waals surface area contributed by atoms with Crippen LogP contribution in [0.1, 0.15) is 11.1 Å². The van der Waals surface area contributed by atoms with E-state index in [4.69, 9.17) is 14.9 Å². The topological polar surface area (TPSA) is 62.6 Å². The van der Waals surface area contributed by atoms with Crippen LogP contribution in [0.5, 0.6) is 11.5 Å². The molecule has 1 N–H and O–H groups in total. The van der Waals surface area contributed by atoms with Crippen LogP contribution in [-0.4, -0.2) is 25.3 Å². The zero-order valence-electron chi connectivity index (χ0n) is 14.2. The predicted molar refractivity (Wildman–Crippen MR) is 102 cm³/mol. The van der Waals surface area contributed by atoms with E-state index in [0.29, 0.717) is 22.1 Å². The molecule has 1 heterocycles. The average molecular weight is 354 g/mol. The lowest BCUT2D eigenvalue weighted by atomic mass is 10.1. The lowest BCUT2D eigenvalue weighted by molar-refractivity contribution is -0.113. The summed E-state index contributed by atoms with van der Waals surface area (Å²) in [5, 5.41) is 8.36. The molecule has 5 nitrogen and oxygen atoms in total. The van der Waals surface area contributed by atoms with E-state index in [0.717, 1.165) is 22.9 Å². The molecular weight excluding hydrogens is 336 g/mol. The fraction of sp³-hybridized carbons (Fsp3) is 0.158. The largest absolute Gasteiger partial charge is 0.493 e. The van der Waals surface area contributed by atoms with E-state index >= 15 is 0 Å². The molecule has 0 radical (unpaired) electrons. The Kier molecular flexibility index (Phi) is 4.81. The Labute approximate surface area is 150 Å². The number of hydrogen-bond donors (Lipinski definition) is 1. The van der Waals surface area contributed by atoms with Crippen molar-refractivity contribution in [1.82, 2.24) is 0 Å². The van der Waals surface area contributed by atoms with Crippen LogP contribution in [0.15, 0.2) is 47.4 Å². The molecule has 0 aliphatic carbocycles. The first-order valence-corrected chi connectivity index (χ1v) is 8.46. The summed E-state index contributed by atoms with van der Waals surface area (Å²) in [5.41, 5.74) is 2.56. The van der Waals surface area contributed by atoms with Gasteiger partial charge < -0.3 is 9.47 Å².